The molecule has 2 rings (SSSR count). The van der Waals surface area contributed by atoms with Gasteiger partial charge in [0.05, 0.1) is 12.2 Å². The number of likely N-dealkylation sites (tertiary alicyclic amines) is 1. The second kappa shape index (κ2) is 8.54. The van der Waals surface area contributed by atoms with Gasteiger partial charge in [0.2, 0.25) is 0 Å². The smallest absolute Gasteiger partial charge is 0.407 e. The summed E-state index contributed by atoms with van der Waals surface area (Å²) in [5.74, 6) is -0.0192. The third kappa shape index (κ3) is 6.02. The minimum absolute atomic E-state index is 0.0262. The summed E-state index contributed by atoms with van der Waals surface area (Å²) in [5, 5.41) is 2.97. The standard InChI is InChI=1S/C20H30N2O4/c1-6-25-18(23)15-9-7-14(8-10-15)16-11-17(13-22(5)12-16)21-19(24)26-20(2,3)4/h7-10,16-17H,6,11-13H2,1-5H3,(H,21,24)/t16-,17+/m0/s1. The highest BCUT2D eigenvalue weighted by molar-refractivity contribution is 5.89. The van der Waals surface area contributed by atoms with Crippen molar-refractivity contribution in [3.05, 3.63) is 35.4 Å². The monoisotopic (exact) mass is 362 g/mol. The summed E-state index contributed by atoms with van der Waals surface area (Å²) >= 11 is 0. The van der Waals surface area contributed by atoms with Crippen molar-refractivity contribution >= 4 is 12.1 Å². The molecular weight excluding hydrogens is 332 g/mol. The first-order chi connectivity index (χ1) is 12.2. The molecule has 0 unspecified atom stereocenters. The van der Waals surface area contributed by atoms with Crippen LogP contribution < -0.4 is 5.32 Å². The van der Waals surface area contributed by atoms with Crippen molar-refractivity contribution in [2.45, 2.75) is 51.7 Å². The normalized spacial score (nSPS) is 21.1. The maximum absolute atomic E-state index is 12.1. The van der Waals surface area contributed by atoms with Gasteiger partial charge >= 0.3 is 12.1 Å². The molecule has 1 fully saturated rings. The zero-order chi connectivity index (χ0) is 19.3. The Morgan fingerprint density at radius 2 is 1.85 bits per heavy atom. The van der Waals surface area contributed by atoms with Gasteiger partial charge in [-0.25, -0.2) is 9.59 Å². The number of esters is 1. The largest absolute Gasteiger partial charge is 0.462 e. The zero-order valence-electron chi connectivity index (χ0n) is 16.4. The highest BCUT2D eigenvalue weighted by atomic mass is 16.6. The molecule has 6 nitrogen and oxygen atoms in total. The number of benzene rings is 1. The molecule has 1 aromatic carbocycles. The van der Waals surface area contributed by atoms with Gasteiger partial charge in [0.1, 0.15) is 5.60 Å². The number of piperidine rings is 1. The zero-order valence-corrected chi connectivity index (χ0v) is 16.4. The molecule has 26 heavy (non-hydrogen) atoms. The molecule has 1 aromatic rings. The number of nitrogens with zero attached hydrogens (tertiary/aromatic N) is 1. The van der Waals surface area contributed by atoms with Crippen LogP contribution in [0.1, 0.15) is 56.0 Å². The van der Waals surface area contributed by atoms with Gasteiger partial charge in [-0.2, -0.15) is 0 Å². The summed E-state index contributed by atoms with van der Waals surface area (Å²) in [6.45, 7) is 9.42. The summed E-state index contributed by atoms with van der Waals surface area (Å²) in [7, 11) is 2.04. The van der Waals surface area contributed by atoms with E-state index in [-0.39, 0.29) is 24.0 Å². The first-order valence-electron chi connectivity index (χ1n) is 9.13. The number of hydrogen-bond acceptors (Lipinski definition) is 5. The molecule has 1 heterocycles. The van der Waals surface area contributed by atoms with Gasteiger partial charge in [-0.1, -0.05) is 12.1 Å². The average molecular weight is 362 g/mol. The highest BCUT2D eigenvalue weighted by Crippen LogP contribution is 2.27. The number of carbonyl (C=O) groups excluding carboxylic acids is 2. The molecular formula is C20H30N2O4. The van der Waals surface area contributed by atoms with E-state index in [1.54, 1.807) is 19.1 Å². The topological polar surface area (TPSA) is 67.9 Å². The number of nitrogens with one attached hydrogen (secondary N) is 1. The number of hydrogen-bond donors (Lipinski definition) is 1. The summed E-state index contributed by atoms with van der Waals surface area (Å²) in [5.41, 5.74) is 1.20. The van der Waals surface area contributed by atoms with Crippen LogP contribution in [0, 0.1) is 0 Å². The van der Waals surface area contributed by atoms with Crippen molar-refractivity contribution in [3.63, 3.8) is 0 Å². The first-order valence-corrected chi connectivity index (χ1v) is 9.13. The molecule has 1 saturated heterocycles. The first kappa shape index (κ1) is 20.2. The predicted octanol–water partition coefficient (Wildman–Crippen LogP) is 3.18. The van der Waals surface area contributed by atoms with Crippen LogP contribution in [0.4, 0.5) is 4.79 Å². The van der Waals surface area contributed by atoms with Crippen LogP contribution in [0.3, 0.4) is 0 Å². The fourth-order valence-electron chi connectivity index (χ4n) is 3.25. The van der Waals surface area contributed by atoms with Crippen LogP contribution in [0.15, 0.2) is 24.3 Å². The molecule has 0 radical (unpaired) electrons. The molecule has 0 spiro atoms. The summed E-state index contributed by atoms with van der Waals surface area (Å²) < 4.78 is 10.4. The third-order valence-corrected chi connectivity index (χ3v) is 4.25. The second-order valence-electron chi connectivity index (χ2n) is 7.84. The molecule has 0 bridgehead atoms. The number of ether oxygens (including phenoxy) is 2. The highest BCUT2D eigenvalue weighted by Gasteiger charge is 2.29. The van der Waals surface area contributed by atoms with Gasteiger partial charge in [-0.3, -0.25) is 0 Å². The van der Waals surface area contributed by atoms with E-state index in [4.69, 9.17) is 9.47 Å². The third-order valence-electron chi connectivity index (χ3n) is 4.25. The molecule has 2 atom stereocenters. The van der Waals surface area contributed by atoms with Crippen LogP contribution in [0.2, 0.25) is 0 Å². The minimum atomic E-state index is -0.507. The SMILES string of the molecule is CCOC(=O)c1ccc([C@H]2C[C@@H](NC(=O)OC(C)(C)C)CN(C)C2)cc1. The Morgan fingerprint density at radius 1 is 1.19 bits per heavy atom. The Hall–Kier alpha value is -2.08. The molecule has 1 amide bonds. The van der Waals surface area contributed by atoms with Crippen LogP contribution in [-0.2, 0) is 9.47 Å². The Kier molecular flexibility index (Phi) is 6.64. The Morgan fingerprint density at radius 3 is 2.42 bits per heavy atom. The lowest BCUT2D eigenvalue weighted by Gasteiger charge is -2.36. The fourth-order valence-corrected chi connectivity index (χ4v) is 3.25. The lowest BCUT2D eigenvalue weighted by molar-refractivity contribution is 0.0470. The number of carbonyl (C=O) groups is 2. The lowest BCUT2D eigenvalue weighted by atomic mass is 9.88. The van der Waals surface area contributed by atoms with Crippen molar-refractivity contribution in [2.24, 2.45) is 0 Å². The number of alkyl carbamates (subject to hydrolysis) is 1. The summed E-state index contributed by atoms with van der Waals surface area (Å²) in [6.07, 6.45) is 0.455. The van der Waals surface area contributed by atoms with Gasteiger partial charge in [0.15, 0.2) is 0 Å². The van der Waals surface area contributed by atoms with Crippen molar-refractivity contribution < 1.29 is 19.1 Å². The Bertz CT molecular complexity index is 622. The van der Waals surface area contributed by atoms with E-state index in [0.717, 1.165) is 25.1 Å². The van der Waals surface area contributed by atoms with Gasteiger partial charge < -0.3 is 19.7 Å². The van der Waals surface area contributed by atoms with Crippen LogP contribution in [0.5, 0.6) is 0 Å². The van der Waals surface area contributed by atoms with Crippen molar-refractivity contribution in [2.75, 3.05) is 26.7 Å². The quantitative estimate of drug-likeness (QED) is 0.833. The van der Waals surface area contributed by atoms with Gasteiger partial charge in [-0.15, -0.1) is 0 Å². The summed E-state index contributed by atoms with van der Waals surface area (Å²) in [6, 6.07) is 7.58. The van der Waals surface area contributed by atoms with E-state index in [1.807, 2.05) is 40.0 Å². The van der Waals surface area contributed by atoms with Crippen LogP contribution in [0.25, 0.3) is 0 Å². The number of amides is 1. The maximum Gasteiger partial charge on any atom is 0.407 e. The minimum Gasteiger partial charge on any atom is -0.462 e. The molecule has 0 aliphatic carbocycles. The van der Waals surface area contributed by atoms with Crippen LogP contribution in [-0.4, -0.2) is 55.3 Å². The van der Waals surface area contributed by atoms with Gasteiger partial charge in [0.25, 0.3) is 0 Å². The lowest BCUT2D eigenvalue weighted by Crippen LogP contribution is -2.49. The molecule has 6 heteroatoms. The van der Waals surface area contributed by atoms with Crippen molar-refractivity contribution in [3.8, 4) is 0 Å². The van der Waals surface area contributed by atoms with Crippen LogP contribution >= 0.6 is 0 Å². The Balaban J connectivity index is 2.01. The number of likely N-dealkylation sites (N-methyl/N-ethyl adjacent to an activating group) is 1. The molecule has 0 aromatic heterocycles. The van der Waals surface area contributed by atoms with Gasteiger partial charge in [-0.05, 0) is 64.8 Å². The van der Waals surface area contributed by atoms with Gasteiger partial charge in [0, 0.05) is 19.1 Å². The number of rotatable bonds is 4. The molecule has 1 aliphatic heterocycles. The predicted molar refractivity (Wildman–Crippen MR) is 100 cm³/mol. The molecule has 1 N–H and O–H groups in total. The van der Waals surface area contributed by atoms with E-state index < -0.39 is 5.60 Å². The van der Waals surface area contributed by atoms with E-state index in [2.05, 4.69) is 10.2 Å². The van der Waals surface area contributed by atoms with Crippen molar-refractivity contribution in [1.29, 1.82) is 0 Å². The maximum atomic E-state index is 12.1. The molecule has 0 saturated carbocycles. The Labute approximate surface area is 155 Å². The average Bonchev–Trinajstić information content (AvgIpc) is 2.52. The summed E-state index contributed by atoms with van der Waals surface area (Å²) in [4.78, 5) is 26.0. The van der Waals surface area contributed by atoms with E-state index in [1.165, 1.54) is 0 Å². The molecule has 1 aliphatic rings. The van der Waals surface area contributed by atoms with E-state index in [9.17, 15) is 9.59 Å². The fraction of sp³-hybridized carbons (Fsp3) is 0.600. The van der Waals surface area contributed by atoms with Crippen molar-refractivity contribution in [1.82, 2.24) is 10.2 Å². The van der Waals surface area contributed by atoms with E-state index in [0.29, 0.717) is 12.2 Å². The second-order valence-corrected chi connectivity index (χ2v) is 7.84. The molecule has 144 valence electrons. The van der Waals surface area contributed by atoms with E-state index >= 15 is 0 Å².